The number of nitrogens with zero attached hydrogens (tertiary/aromatic N) is 1. The zero-order valence-electron chi connectivity index (χ0n) is 15.3. The summed E-state index contributed by atoms with van der Waals surface area (Å²) in [5.74, 6) is -0.597. The fourth-order valence-corrected chi connectivity index (χ4v) is 2.85. The van der Waals surface area contributed by atoms with Crippen molar-refractivity contribution in [2.75, 3.05) is 11.9 Å². The Hall–Kier alpha value is -3.47. The molecule has 136 valence electrons. The first-order valence-corrected chi connectivity index (χ1v) is 8.70. The van der Waals surface area contributed by atoms with Gasteiger partial charge in [-0.15, -0.1) is 0 Å². The number of hydrogen-bond acceptors (Lipinski definition) is 3. The molecule has 27 heavy (non-hydrogen) atoms. The molecule has 2 aromatic carbocycles. The van der Waals surface area contributed by atoms with Gasteiger partial charge in [0.2, 0.25) is 11.8 Å². The first kappa shape index (κ1) is 18.3. The topological polar surface area (TPSA) is 71.1 Å². The van der Waals surface area contributed by atoms with Crippen LogP contribution in [0.15, 0.2) is 60.8 Å². The molecule has 0 aliphatic carbocycles. The van der Waals surface area contributed by atoms with Crippen molar-refractivity contribution in [3.8, 4) is 0 Å². The Morgan fingerprint density at radius 1 is 1.00 bits per heavy atom. The number of hydrogen-bond donors (Lipinski definition) is 2. The van der Waals surface area contributed by atoms with Gasteiger partial charge in [-0.3, -0.25) is 14.6 Å². The number of carbonyl (C=O) groups is 2. The standard InChI is InChI=1S/C22H21N3O2/c1-15-6-3-7-16(2)21(15)25-20(27)14-24-19(26)12-11-18-9-4-8-17-10-5-13-23-22(17)18/h3-13H,14H2,1-2H3,(H,24,26)(H,25,27)/b12-11+. The molecule has 0 unspecified atom stereocenters. The number of aromatic nitrogens is 1. The molecule has 0 aliphatic heterocycles. The van der Waals surface area contributed by atoms with Gasteiger partial charge in [0, 0.05) is 28.9 Å². The van der Waals surface area contributed by atoms with E-state index in [1.165, 1.54) is 6.08 Å². The zero-order chi connectivity index (χ0) is 19.2. The maximum absolute atomic E-state index is 12.1. The highest BCUT2D eigenvalue weighted by atomic mass is 16.2. The molecule has 0 bridgehead atoms. The van der Waals surface area contributed by atoms with E-state index < -0.39 is 0 Å². The smallest absolute Gasteiger partial charge is 0.244 e. The highest BCUT2D eigenvalue weighted by Gasteiger charge is 2.08. The number of rotatable bonds is 5. The van der Waals surface area contributed by atoms with Crippen LogP contribution in [0.2, 0.25) is 0 Å². The van der Waals surface area contributed by atoms with Crippen LogP contribution >= 0.6 is 0 Å². The average Bonchev–Trinajstić information content (AvgIpc) is 2.67. The Labute approximate surface area is 158 Å². The SMILES string of the molecule is Cc1cccc(C)c1NC(=O)CNC(=O)/C=C/c1cccc2cccnc12. The Balaban J connectivity index is 1.59. The molecule has 0 atom stereocenters. The van der Waals surface area contributed by atoms with Crippen LogP contribution in [-0.2, 0) is 9.59 Å². The van der Waals surface area contributed by atoms with Crippen LogP contribution < -0.4 is 10.6 Å². The first-order chi connectivity index (χ1) is 13.0. The fourth-order valence-electron chi connectivity index (χ4n) is 2.85. The van der Waals surface area contributed by atoms with Gasteiger partial charge in [-0.2, -0.15) is 0 Å². The van der Waals surface area contributed by atoms with Gasteiger partial charge in [0.05, 0.1) is 12.1 Å². The third-order valence-corrected chi connectivity index (χ3v) is 4.25. The Morgan fingerprint density at radius 2 is 1.70 bits per heavy atom. The van der Waals surface area contributed by atoms with Gasteiger partial charge in [0.15, 0.2) is 0 Å². The summed E-state index contributed by atoms with van der Waals surface area (Å²) in [5, 5.41) is 6.45. The second kappa shape index (κ2) is 8.27. The van der Waals surface area contributed by atoms with E-state index in [4.69, 9.17) is 0 Å². The fraction of sp³-hybridized carbons (Fsp3) is 0.136. The molecule has 0 fully saturated rings. The van der Waals surface area contributed by atoms with Crippen LogP contribution in [0.3, 0.4) is 0 Å². The second-order valence-corrected chi connectivity index (χ2v) is 6.29. The predicted octanol–water partition coefficient (Wildman–Crippen LogP) is 3.62. The molecule has 2 N–H and O–H groups in total. The molecule has 0 spiro atoms. The van der Waals surface area contributed by atoms with Crippen LogP contribution in [0, 0.1) is 13.8 Å². The van der Waals surface area contributed by atoms with E-state index in [-0.39, 0.29) is 18.4 Å². The number of amides is 2. The van der Waals surface area contributed by atoms with Crippen LogP contribution in [0.1, 0.15) is 16.7 Å². The number of fused-ring (bicyclic) bond motifs is 1. The third-order valence-electron chi connectivity index (χ3n) is 4.25. The van der Waals surface area contributed by atoms with Crippen molar-refractivity contribution in [3.63, 3.8) is 0 Å². The summed E-state index contributed by atoms with van der Waals surface area (Å²) in [4.78, 5) is 28.5. The number of pyridine rings is 1. The van der Waals surface area contributed by atoms with Gasteiger partial charge in [0.25, 0.3) is 0 Å². The van der Waals surface area contributed by atoms with Crippen LogP contribution in [0.4, 0.5) is 5.69 Å². The second-order valence-electron chi connectivity index (χ2n) is 6.29. The van der Waals surface area contributed by atoms with Crippen molar-refractivity contribution >= 4 is 34.5 Å². The maximum atomic E-state index is 12.1. The lowest BCUT2D eigenvalue weighted by atomic mass is 10.1. The van der Waals surface area contributed by atoms with Crippen molar-refractivity contribution in [1.82, 2.24) is 10.3 Å². The first-order valence-electron chi connectivity index (χ1n) is 8.70. The molecular formula is C22H21N3O2. The van der Waals surface area contributed by atoms with E-state index in [1.54, 1.807) is 12.3 Å². The van der Waals surface area contributed by atoms with Crippen molar-refractivity contribution in [2.24, 2.45) is 0 Å². The van der Waals surface area contributed by atoms with E-state index in [9.17, 15) is 9.59 Å². The van der Waals surface area contributed by atoms with Crippen LogP contribution in [0.25, 0.3) is 17.0 Å². The summed E-state index contributed by atoms with van der Waals surface area (Å²) in [7, 11) is 0. The minimum Gasteiger partial charge on any atom is -0.343 e. The Kier molecular flexibility index (Phi) is 5.61. The normalized spacial score (nSPS) is 10.9. The molecule has 1 heterocycles. The lowest BCUT2D eigenvalue weighted by molar-refractivity contribution is -0.121. The van der Waals surface area contributed by atoms with Gasteiger partial charge in [0.1, 0.15) is 0 Å². The number of nitrogens with one attached hydrogen (secondary N) is 2. The minimum atomic E-state index is -0.334. The lowest BCUT2D eigenvalue weighted by Gasteiger charge is -2.11. The largest absolute Gasteiger partial charge is 0.343 e. The van der Waals surface area contributed by atoms with E-state index in [1.807, 2.05) is 62.4 Å². The molecule has 0 saturated carbocycles. The van der Waals surface area contributed by atoms with Gasteiger partial charge in [-0.25, -0.2) is 0 Å². The molecule has 5 heteroatoms. The summed E-state index contributed by atoms with van der Waals surface area (Å²) < 4.78 is 0. The summed E-state index contributed by atoms with van der Waals surface area (Å²) >= 11 is 0. The van der Waals surface area contributed by atoms with Gasteiger partial charge >= 0.3 is 0 Å². The van der Waals surface area contributed by atoms with Gasteiger partial charge in [-0.05, 0) is 37.1 Å². The van der Waals surface area contributed by atoms with Gasteiger partial charge < -0.3 is 10.6 Å². The van der Waals surface area contributed by atoms with E-state index in [0.29, 0.717) is 0 Å². The van der Waals surface area contributed by atoms with Crippen molar-refractivity contribution in [2.45, 2.75) is 13.8 Å². The molecule has 0 radical (unpaired) electrons. The maximum Gasteiger partial charge on any atom is 0.244 e. The lowest BCUT2D eigenvalue weighted by Crippen LogP contribution is -2.32. The van der Waals surface area contributed by atoms with E-state index >= 15 is 0 Å². The summed E-state index contributed by atoms with van der Waals surface area (Å²) in [6.07, 6.45) is 4.83. The summed E-state index contributed by atoms with van der Waals surface area (Å²) in [5.41, 5.74) is 4.44. The van der Waals surface area contributed by atoms with E-state index in [2.05, 4.69) is 15.6 Å². The zero-order valence-corrected chi connectivity index (χ0v) is 15.3. The average molecular weight is 359 g/mol. The molecule has 0 saturated heterocycles. The predicted molar refractivity (Wildman–Crippen MR) is 108 cm³/mol. The highest BCUT2D eigenvalue weighted by Crippen LogP contribution is 2.19. The number of aryl methyl sites for hydroxylation is 2. The quantitative estimate of drug-likeness (QED) is 0.684. The van der Waals surface area contributed by atoms with Crippen molar-refractivity contribution in [3.05, 3.63) is 77.5 Å². The molecule has 1 aromatic heterocycles. The minimum absolute atomic E-state index is 0.0925. The van der Waals surface area contributed by atoms with Crippen molar-refractivity contribution in [1.29, 1.82) is 0 Å². The highest BCUT2D eigenvalue weighted by molar-refractivity contribution is 5.99. The molecule has 2 amide bonds. The molecule has 0 aliphatic rings. The van der Waals surface area contributed by atoms with Crippen LogP contribution in [0.5, 0.6) is 0 Å². The van der Waals surface area contributed by atoms with Gasteiger partial charge in [-0.1, -0.05) is 42.5 Å². The molecule has 3 aromatic rings. The Bertz CT molecular complexity index is 999. The molecule has 3 rings (SSSR count). The van der Waals surface area contributed by atoms with Crippen LogP contribution in [-0.4, -0.2) is 23.3 Å². The number of para-hydroxylation sites is 2. The van der Waals surface area contributed by atoms with Crippen molar-refractivity contribution < 1.29 is 9.59 Å². The summed E-state index contributed by atoms with van der Waals surface area (Å²) in [6.45, 7) is 3.77. The molecule has 5 nitrogen and oxygen atoms in total. The summed E-state index contributed by atoms with van der Waals surface area (Å²) in [6, 6.07) is 15.4. The van der Waals surface area contributed by atoms with E-state index in [0.717, 1.165) is 33.3 Å². The number of benzene rings is 2. The number of anilines is 1. The monoisotopic (exact) mass is 359 g/mol. The number of carbonyl (C=O) groups excluding carboxylic acids is 2. The third kappa shape index (κ3) is 4.58. The Morgan fingerprint density at radius 3 is 2.48 bits per heavy atom. The molecular weight excluding hydrogens is 338 g/mol.